The van der Waals surface area contributed by atoms with Crippen molar-refractivity contribution in [3.05, 3.63) is 69.7 Å². The molecule has 2 aromatic rings. The smallest absolute Gasteiger partial charge is 0.0465 e. The van der Waals surface area contributed by atoms with E-state index in [0.717, 1.165) is 12.0 Å². The van der Waals surface area contributed by atoms with Crippen molar-refractivity contribution in [2.24, 2.45) is 0 Å². The van der Waals surface area contributed by atoms with Crippen molar-refractivity contribution in [1.29, 1.82) is 0 Å². The molecule has 1 atom stereocenters. The summed E-state index contributed by atoms with van der Waals surface area (Å²) >= 11 is 12.3. The SMILES string of the molecule is CC(Cc1ccccc1)NCc1c(Cl)cccc1Cl. The van der Waals surface area contributed by atoms with E-state index in [1.165, 1.54) is 5.56 Å². The van der Waals surface area contributed by atoms with Crippen LogP contribution in [0.4, 0.5) is 0 Å². The van der Waals surface area contributed by atoms with Gasteiger partial charge in [-0.25, -0.2) is 0 Å². The zero-order valence-electron chi connectivity index (χ0n) is 10.9. The molecule has 0 aliphatic carbocycles. The molecule has 0 heterocycles. The first-order valence-electron chi connectivity index (χ1n) is 6.37. The lowest BCUT2D eigenvalue weighted by Crippen LogP contribution is -2.27. The minimum absolute atomic E-state index is 0.370. The Kier molecular flexibility index (Phi) is 5.26. The predicted molar refractivity (Wildman–Crippen MR) is 82.9 cm³/mol. The molecule has 3 heteroatoms. The molecule has 0 saturated heterocycles. The summed E-state index contributed by atoms with van der Waals surface area (Å²) in [6, 6.07) is 16.4. The molecule has 2 rings (SSSR count). The molecular formula is C16H17Cl2N. The Balaban J connectivity index is 1.92. The van der Waals surface area contributed by atoms with Gasteiger partial charge in [-0.1, -0.05) is 59.6 Å². The van der Waals surface area contributed by atoms with Crippen LogP contribution in [-0.2, 0) is 13.0 Å². The van der Waals surface area contributed by atoms with Gasteiger partial charge in [0.2, 0.25) is 0 Å². The normalized spacial score (nSPS) is 12.4. The highest BCUT2D eigenvalue weighted by Gasteiger charge is 2.08. The second-order valence-electron chi connectivity index (χ2n) is 4.67. The average molecular weight is 294 g/mol. The highest BCUT2D eigenvalue weighted by molar-refractivity contribution is 6.35. The van der Waals surface area contributed by atoms with E-state index in [2.05, 4.69) is 36.5 Å². The van der Waals surface area contributed by atoms with Gasteiger partial charge in [0.15, 0.2) is 0 Å². The first kappa shape index (κ1) is 14.4. The number of rotatable bonds is 5. The van der Waals surface area contributed by atoms with Gasteiger partial charge in [0, 0.05) is 28.2 Å². The fourth-order valence-corrected chi connectivity index (χ4v) is 2.55. The van der Waals surface area contributed by atoms with Crippen LogP contribution in [0.3, 0.4) is 0 Å². The van der Waals surface area contributed by atoms with E-state index in [-0.39, 0.29) is 0 Å². The molecular weight excluding hydrogens is 277 g/mol. The summed E-state index contributed by atoms with van der Waals surface area (Å²) in [5, 5.41) is 4.89. The summed E-state index contributed by atoms with van der Waals surface area (Å²) in [7, 11) is 0. The van der Waals surface area contributed by atoms with E-state index in [0.29, 0.717) is 22.6 Å². The Labute approximate surface area is 124 Å². The number of hydrogen-bond donors (Lipinski definition) is 1. The summed E-state index contributed by atoms with van der Waals surface area (Å²) in [5.41, 5.74) is 2.29. The van der Waals surface area contributed by atoms with Gasteiger partial charge in [-0.05, 0) is 31.0 Å². The molecule has 2 aromatic carbocycles. The first-order valence-corrected chi connectivity index (χ1v) is 7.12. The lowest BCUT2D eigenvalue weighted by Gasteiger charge is -2.15. The fraction of sp³-hybridized carbons (Fsp3) is 0.250. The van der Waals surface area contributed by atoms with Crippen LogP contribution in [0.25, 0.3) is 0 Å². The lowest BCUT2D eigenvalue weighted by atomic mass is 10.1. The zero-order chi connectivity index (χ0) is 13.7. The molecule has 19 heavy (non-hydrogen) atoms. The van der Waals surface area contributed by atoms with Crippen molar-refractivity contribution in [2.75, 3.05) is 0 Å². The quantitative estimate of drug-likeness (QED) is 0.841. The van der Waals surface area contributed by atoms with Gasteiger partial charge >= 0.3 is 0 Å². The zero-order valence-corrected chi connectivity index (χ0v) is 12.4. The highest BCUT2D eigenvalue weighted by atomic mass is 35.5. The Morgan fingerprint density at radius 2 is 1.58 bits per heavy atom. The van der Waals surface area contributed by atoms with Crippen LogP contribution in [0.2, 0.25) is 10.0 Å². The van der Waals surface area contributed by atoms with Gasteiger partial charge in [-0.2, -0.15) is 0 Å². The number of nitrogens with one attached hydrogen (secondary N) is 1. The van der Waals surface area contributed by atoms with Crippen molar-refractivity contribution >= 4 is 23.2 Å². The van der Waals surface area contributed by atoms with Gasteiger partial charge in [-0.15, -0.1) is 0 Å². The second kappa shape index (κ2) is 6.95. The van der Waals surface area contributed by atoms with Gasteiger partial charge in [0.1, 0.15) is 0 Å². The van der Waals surface area contributed by atoms with E-state index in [1.807, 2.05) is 24.3 Å². The van der Waals surface area contributed by atoms with Crippen molar-refractivity contribution in [2.45, 2.75) is 25.9 Å². The molecule has 0 saturated carbocycles. The van der Waals surface area contributed by atoms with E-state index < -0.39 is 0 Å². The maximum absolute atomic E-state index is 6.15. The van der Waals surface area contributed by atoms with Gasteiger partial charge in [0.05, 0.1) is 0 Å². The standard InChI is InChI=1S/C16H17Cl2N/c1-12(10-13-6-3-2-4-7-13)19-11-14-15(17)8-5-9-16(14)18/h2-9,12,19H,10-11H2,1H3. The van der Waals surface area contributed by atoms with Crippen LogP contribution in [0, 0.1) is 0 Å². The molecule has 1 unspecified atom stereocenters. The van der Waals surface area contributed by atoms with Crippen molar-refractivity contribution < 1.29 is 0 Å². The molecule has 0 fully saturated rings. The molecule has 0 aromatic heterocycles. The topological polar surface area (TPSA) is 12.0 Å². The number of halogens is 2. The Morgan fingerprint density at radius 3 is 2.21 bits per heavy atom. The largest absolute Gasteiger partial charge is 0.310 e. The third-order valence-electron chi connectivity index (χ3n) is 3.07. The van der Waals surface area contributed by atoms with Gasteiger partial charge < -0.3 is 5.32 Å². The third-order valence-corrected chi connectivity index (χ3v) is 3.78. The van der Waals surface area contributed by atoms with Crippen molar-refractivity contribution in [3.63, 3.8) is 0 Å². The predicted octanol–water partition coefficient (Wildman–Crippen LogP) is 4.71. The fourth-order valence-electron chi connectivity index (χ4n) is 2.02. The van der Waals surface area contributed by atoms with Crippen LogP contribution in [0.1, 0.15) is 18.1 Å². The molecule has 0 aliphatic rings. The van der Waals surface area contributed by atoms with E-state index in [4.69, 9.17) is 23.2 Å². The third kappa shape index (κ3) is 4.24. The number of benzene rings is 2. The first-order chi connectivity index (χ1) is 9.16. The van der Waals surface area contributed by atoms with Crippen LogP contribution in [-0.4, -0.2) is 6.04 Å². The summed E-state index contributed by atoms with van der Waals surface area (Å²) in [5.74, 6) is 0. The molecule has 1 nitrogen and oxygen atoms in total. The molecule has 0 spiro atoms. The molecule has 1 N–H and O–H groups in total. The minimum atomic E-state index is 0.370. The minimum Gasteiger partial charge on any atom is -0.310 e. The highest BCUT2D eigenvalue weighted by Crippen LogP contribution is 2.24. The molecule has 0 radical (unpaired) electrons. The Morgan fingerprint density at radius 1 is 0.947 bits per heavy atom. The summed E-state index contributed by atoms with van der Waals surface area (Å²) < 4.78 is 0. The van der Waals surface area contributed by atoms with Crippen molar-refractivity contribution in [3.8, 4) is 0 Å². The maximum atomic E-state index is 6.15. The molecule has 0 amide bonds. The Bertz CT molecular complexity index is 505. The van der Waals surface area contributed by atoms with E-state index >= 15 is 0 Å². The summed E-state index contributed by atoms with van der Waals surface area (Å²) in [6.45, 7) is 2.85. The van der Waals surface area contributed by atoms with E-state index in [1.54, 1.807) is 0 Å². The van der Waals surface area contributed by atoms with Crippen LogP contribution in [0.15, 0.2) is 48.5 Å². The van der Waals surface area contributed by atoms with Crippen LogP contribution >= 0.6 is 23.2 Å². The Hall–Kier alpha value is -1.02. The second-order valence-corrected chi connectivity index (χ2v) is 5.49. The average Bonchev–Trinajstić information content (AvgIpc) is 2.39. The van der Waals surface area contributed by atoms with E-state index in [9.17, 15) is 0 Å². The molecule has 0 bridgehead atoms. The van der Waals surface area contributed by atoms with Crippen molar-refractivity contribution in [1.82, 2.24) is 5.32 Å². The van der Waals surface area contributed by atoms with Crippen LogP contribution in [0.5, 0.6) is 0 Å². The summed E-state index contributed by atoms with van der Waals surface area (Å²) in [6.07, 6.45) is 0.989. The van der Waals surface area contributed by atoms with Gasteiger partial charge in [-0.3, -0.25) is 0 Å². The monoisotopic (exact) mass is 293 g/mol. The van der Waals surface area contributed by atoms with Gasteiger partial charge in [0.25, 0.3) is 0 Å². The summed E-state index contributed by atoms with van der Waals surface area (Å²) in [4.78, 5) is 0. The lowest BCUT2D eigenvalue weighted by molar-refractivity contribution is 0.545. The van der Waals surface area contributed by atoms with Crippen LogP contribution < -0.4 is 5.32 Å². The molecule has 100 valence electrons. The number of hydrogen-bond acceptors (Lipinski definition) is 1. The maximum Gasteiger partial charge on any atom is 0.0465 e. The molecule has 0 aliphatic heterocycles.